The van der Waals surface area contributed by atoms with Crippen molar-refractivity contribution in [3.05, 3.63) is 90.0 Å². The molecule has 0 spiro atoms. The monoisotopic (exact) mass is 378 g/mol. The second-order valence-corrected chi connectivity index (χ2v) is 6.59. The molecular weight excluding hydrogens is 361 g/mol. The average molecular weight is 378 g/mol. The summed E-state index contributed by atoms with van der Waals surface area (Å²) in [5.74, 6) is 0. The van der Waals surface area contributed by atoms with E-state index in [1.165, 1.54) is 11.6 Å². The summed E-state index contributed by atoms with van der Waals surface area (Å²) in [5.41, 5.74) is 4.78. The van der Waals surface area contributed by atoms with Crippen molar-refractivity contribution in [2.75, 3.05) is 5.32 Å². The van der Waals surface area contributed by atoms with Crippen LogP contribution in [0.1, 0.15) is 16.7 Å². The van der Waals surface area contributed by atoms with Gasteiger partial charge in [0.2, 0.25) is 0 Å². The lowest BCUT2D eigenvalue weighted by Crippen LogP contribution is -2.05. The van der Waals surface area contributed by atoms with Crippen molar-refractivity contribution in [1.29, 1.82) is 0 Å². The third-order valence-electron chi connectivity index (χ3n) is 4.68. The summed E-state index contributed by atoms with van der Waals surface area (Å²) in [7, 11) is 0. The van der Waals surface area contributed by atoms with Gasteiger partial charge in [0.05, 0.1) is 11.3 Å². The van der Waals surface area contributed by atoms with Gasteiger partial charge in [-0.05, 0) is 41.0 Å². The number of halogens is 3. The molecule has 0 saturated heterocycles. The van der Waals surface area contributed by atoms with E-state index < -0.39 is 11.7 Å². The molecule has 0 atom stereocenters. The van der Waals surface area contributed by atoms with Crippen LogP contribution in [0, 0.1) is 0 Å². The van der Waals surface area contributed by atoms with Crippen molar-refractivity contribution in [2.45, 2.75) is 12.6 Å². The molecule has 0 amide bonds. The number of rotatable bonds is 4. The fourth-order valence-electron chi connectivity index (χ4n) is 3.28. The summed E-state index contributed by atoms with van der Waals surface area (Å²) in [6, 6.07) is 18.5. The van der Waals surface area contributed by atoms with Crippen molar-refractivity contribution in [3.8, 4) is 11.1 Å². The lowest BCUT2D eigenvalue weighted by atomic mass is 9.96. The van der Waals surface area contributed by atoms with Gasteiger partial charge in [-0.1, -0.05) is 49.0 Å². The zero-order valence-corrected chi connectivity index (χ0v) is 14.9. The number of hydrogen-bond acceptors (Lipinski definition) is 2. The Morgan fingerprint density at radius 3 is 2.61 bits per heavy atom. The van der Waals surface area contributed by atoms with Gasteiger partial charge in [-0.25, -0.2) is 0 Å². The summed E-state index contributed by atoms with van der Waals surface area (Å²) in [6.45, 7) is 4.10. The molecule has 2 nitrogen and oxygen atoms in total. The largest absolute Gasteiger partial charge is 0.416 e. The number of anilines is 1. The molecule has 28 heavy (non-hydrogen) atoms. The van der Waals surface area contributed by atoms with E-state index in [1.807, 2.05) is 36.5 Å². The van der Waals surface area contributed by atoms with Gasteiger partial charge < -0.3 is 5.32 Å². The van der Waals surface area contributed by atoms with Crippen LogP contribution in [0.5, 0.6) is 0 Å². The summed E-state index contributed by atoms with van der Waals surface area (Å²) < 4.78 is 39.3. The minimum atomic E-state index is -4.38. The van der Waals surface area contributed by atoms with E-state index in [1.54, 1.807) is 18.2 Å². The van der Waals surface area contributed by atoms with E-state index in [0.717, 1.165) is 35.5 Å². The van der Waals surface area contributed by atoms with Crippen LogP contribution in [-0.2, 0) is 12.6 Å². The summed E-state index contributed by atoms with van der Waals surface area (Å²) in [4.78, 5) is 4.34. The summed E-state index contributed by atoms with van der Waals surface area (Å²) in [5, 5.41) is 3.25. The van der Waals surface area contributed by atoms with Crippen LogP contribution in [0.2, 0.25) is 0 Å². The maximum atomic E-state index is 13.1. The molecule has 0 bridgehead atoms. The fourth-order valence-corrected chi connectivity index (χ4v) is 3.28. The van der Waals surface area contributed by atoms with Crippen molar-refractivity contribution < 1.29 is 13.2 Å². The second kappa shape index (κ2) is 7.00. The topological polar surface area (TPSA) is 24.4 Å². The van der Waals surface area contributed by atoms with Gasteiger partial charge >= 0.3 is 6.18 Å². The number of benzene rings is 3. The van der Waals surface area contributed by atoms with Crippen LogP contribution in [-0.4, -0.2) is 6.21 Å². The molecule has 1 aliphatic rings. The minimum absolute atomic E-state index is 0.493. The third-order valence-corrected chi connectivity index (χ3v) is 4.68. The Bertz CT molecular complexity index is 1080. The first kappa shape index (κ1) is 18.0. The van der Waals surface area contributed by atoms with Crippen LogP contribution in [0.25, 0.3) is 16.8 Å². The van der Waals surface area contributed by atoms with Crippen LogP contribution in [0.15, 0.2) is 78.3 Å². The van der Waals surface area contributed by atoms with E-state index in [4.69, 9.17) is 0 Å². The molecule has 0 aliphatic carbocycles. The Balaban J connectivity index is 1.66. The number of hydrogen-bond donors (Lipinski definition) is 1. The van der Waals surface area contributed by atoms with Gasteiger partial charge in [-0.15, -0.1) is 0 Å². The van der Waals surface area contributed by atoms with Gasteiger partial charge in [0.15, 0.2) is 0 Å². The molecule has 0 unspecified atom stereocenters. The van der Waals surface area contributed by atoms with Gasteiger partial charge in [0.1, 0.15) is 0 Å². The lowest BCUT2D eigenvalue weighted by molar-refractivity contribution is -0.137. The smallest absolute Gasteiger partial charge is 0.355 e. The number of fused-ring (bicyclic) bond motifs is 1. The zero-order valence-electron chi connectivity index (χ0n) is 14.9. The summed E-state index contributed by atoms with van der Waals surface area (Å²) >= 11 is 0. The highest BCUT2D eigenvalue weighted by atomic mass is 19.4. The summed E-state index contributed by atoms with van der Waals surface area (Å²) in [6.07, 6.45) is -1.69. The lowest BCUT2D eigenvalue weighted by Gasteiger charge is -2.16. The van der Waals surface area contributed by atoms with Crippen molar-refractivity contribution >= 4 is 23.3 Å². The predicted molar refractivity (Wildman–Crippen MR) is 108 cm³/mol. The molecule has 0 radical (unpaired) electrons. The molecule has 3 aromatic carbocycles. The number of nitrogens with one attached hydrogen (secondary N) is 1. The van der Waals surface area contributed by atoms with Crippen molar-refractivity contribution in [3.63, 3.8) is 0 Å². The predicted octanol–water partition coefficient (Wildman–Crippen LogP) is 6.71. The first-order valence-corrected chi connectivity index (χ1v) is 8.80. The average Bonchev–Trinajstić information content (AvgIpc) is 3.15. The fraction of sp³-hybridized carbons (Fsp3) is 0.0870. The highest BCUT2D eigenvalue weighted by Crippen LogP contribution is 2.35. The first-order valence-electron chi connectivity index (χ1n) is 8.80. The van der Waals surface area contributed by atoms with Gasteiger partial charge in [-0.3, -0.25) is 4.99 Å². The van der Waals surface area contributed by atoms with Crippen LogP contribution >= 0.6 is 0 Å². The maximum Gasteiger partial charge on any atom is 0.416 e. The highest BCUT2D eigenvalue weighted by Gasteiger charge is 2.30. The zero-order chi connectivity index (χ0) is 19.7. The van der Waals surface area contributed by atoms with Crippen LogP contribution in [0.3, 0.4) is 0 Å². The van der Waals surface area contributed by atoms with E-state index in [9.17, 15) is 13.2 Å². The molecule has 140 valence electrons. The van der Waals surface area contributed by atoms with Gasteiger partial charge in [0.25, 0.3) is 0 Å². The Morgan fingerprint density at radius 1 is 0.964 bits per heavy atom. The standard InChI is InChI=1S/C23H17F3N2/c1-15(28-19-10-9-16-11-12-27-22(16)14-19)20-7-2-3-8-21(20)17-5-4-6-18(13-17)23(24,25)26/h2-10,12-14,28H,1,11H2. The SMILES string of the molecule is C=C(Nc1ccc2c(c1)N=CC2)c1ccccc1-c1cccc(C(F)(F)F)c1. The second-order valence-electron chi connectivity index (χ2n) is 6.59. The molecule has 5 heteroatoms. The van der Waals surface area contributed by atoms with Gasteiger partial charge in [-0.2, -0.15) is 13.2 Å². The normalized spacial score (nSPS) is 12.7. The first-order chi connectivity index (χ1) is 13.4. The number of alkyl halides is 3. The minimum Gasteiger partial charge on any atom is -0.355 e. The Hall–Kier alpha value is -3.34. The van der Waals surface area contributed by atoms with E-state index in [2.05, 4.69) is 16.9 Å². The van der Waals surface area contributed by atoms with Gasteiger partial charge in [0, 0.05) is 29.6 Å². The van der Waals surface area contributed by atoms with Crippen LogP contribution < -0.4 is 5.32 Å². The quantitative estimate of drug-likeness (QED) is 0.536. The molecule has 0 aromatic heterocycles. The van der Waals surface area contributed by atoms with E-state index >= 15 is 0 Å². The molecule has 0 saturated carbocycles. The Kier molecular flexibility index (Phi) is 4.51. The molecule has 3 aromatic rings. The number of nitrogens with zero attached hydrogens (tertiary/aromatic N) is 1. The molecule has 1 N–H and O–H groups in total. The maximum absolute atomic E-state index is 13.1. The molecule has 0 fully saturated rings. The molecular formula is C23H17F3N2. The Morgan fingerprint density at radius 2 is 1.79 bits per heavy atom. The van der Waals surface area contributed by atoms with E-state index in [-0.39, 0.29) is 0 Å². The van der Waals surface area contributed by atoms with Crippen LogP contribution in [0.4, 0.5) is 24.5 Å². The highest BCUT2D eigenvalue weighted by molar-refractivity contribution is 5.87. The van der Waals surface area contributed by atoms with Crippen molar-refractivity contribution in [2.24, 2.45) is 4.99 Å². The molecule has 1 aliphatic heterocycles. The van der Waals surface area contributed by atoms with E-state index in [0.29, 0.717) is 16.8 Å². The number of aliphatic imine (C=N–C) groups is 1. The molecule has 1 heterocycles. The third kappa shape index (κ3) is 3.56. The Labute approximate surface area is 161 Å². The van der Waals surface area contributed by atoms with Crippen molar-refractivity contribution in [1.82, 2.24) is 0 Å². The molecule has 4 rings (SSSR count).